The molecule has 1 fully saturated rings. The van der Waals surface area contributed by atoms with Crippen LogP contribution in [0.3, 0.4) is 0 Å². The first-order valence-corrected chi connectivity index (χ1v) is 12.4. The molecule has 2 N–H and O–H groups in total. The van der Waals surface area contributed by atoms with Crippen LogP contribution in [0.15, 0.2) is 29.8 Å². The molecular formula is C29H40N2O3. The number of carbonyl (C=O) groups is 1. The van der Waals surface area contributed by atoms with Gasteiger partial charge in [0.2, 0.25) is 5.91 Å². The second kappa shape index (κ2) is 11.5. The molecule has 0 atom stereocenters. The van der Waals surface area contributed by atoms with E-state index in [0.717, 1.165) is 63.4 Å². The molecule has 0 aromatic heterocycles. The molecule has 0 heterocycles. The summed E-state index contributed by atoms with van der Waals surface area (Å²) in [5, 5.41) is 6.65. The third kappa shape index (κ3) is 5.57. The van der Waals surface area contributed by atoms with Gasteiger partial charge in [0.1, 0.15) is 11.5 Å². The van der Waals surface area contributed by atoms with Crippen molar-refractivity contribution in [2.75, 3.05) is 19.5 Å². The van der Waals surface area contributed by atoms with Gasteiger partial charge in [0, 0.05) is 45.6 Å². The summed E-state index contributed by atoms with van der Waals surface area (Å²) in [4.78, 5) is 13.0. The van der Waals surface area contributed by atoms with Crippen LogP contribution >= 0.6 is 0 Å². The van der Waals surface area contributed by atoms with Gasteiger partial charge in [-0.1, -0.05) is 31.9 Å². The quantitative estimate of drug-likeness (QED) is 0.407. The van der Waals surface area contributed by atoms with Crippen molar-refractivity contribution in [3.8, 4) is 22.6 Å². The fraction of sp³-hybridized carbons (Fsp3) is 0.483. The highest BCUT2D eigenvalue weighted by molar-refractivity contribution is 5.99. The lowest BCUT2D eigenvalue weighted by Crippen LogP contribution is -2.33. The number of methoxy groups -OCH3 is 2. The van der Waals surface area contributed by atoms with Crippen molar-refractivity contribution >= 4 is 17.7 Å². The number of rotatable bonds is 9. The summed E-state index contributed by atoms with van der Waals surface area (Å²) in [6.07, 6.45) is 7.14. The Bertz CT molecular complexity index is 1030. The maximum atomic E-state index is 13.0. The summed E-state index contributed by atoms with van der Waals surface area (Å²) in [5.74, 6) is 1.60. The Morgan fingerprint density at radius 2 is 1.65 bits per heavy atom. The first-order chi connectivity index (χ1) is 16.3. The van der Waals surface area contributed by atoms with E-state index >= 15 is 0 Å². The van der Waals surface area contributed by atoms with Crippen LogP contribution in [0.4, 0.5) is 5.69 Å². The van der Waals surface area contributed by atoms with Crippen molar-refractivity contribution in [3.63, 3.8) is 0 Å². The van der Waals surface area contributed by atoms with Crippen LogP contribution in [0.1, 0.15) is 69.6 Å². The fourth-order valence-electron chi connectivity index (χ4n) is 4.92. The van der Waals surface area contributed by atoms with E-state index < -0.39 is 0 Å². The molecule has 5 heteroatoms. The average molecular weight is 465 g/mol. The number of amides is 1. The molecule has 184 valence electrons. The summed E-state index contributed by atoms with van der Waals surface area (Å²) in [7, 11) is 3.39. The van der Waals surface area contributed by atoms with Gasteiger partial charge in [-0.2, -0.15) is 0 Å². The van der Waals surface area contributed by atoms with Gasteiger partial charge in [0.25, 0.3) is 0 Å². The number of nitrogens with one attached hydrogen (secondary N) is 2. The number of carbonyl (C=O) groups excluding carboxylic acids is 1. The summed E-state index contributed by atoms with van der Waals surface area (Å²) in [6.45, 7) is 10.4. The van der Waals surface area contributed by atoms with Crippen LogP contribution in [-0.2, 0) is 4.79 Å². The van der Waals surface area contributed by atoms with Crippen LogP contribution in [0.5, 0.6) is 11.5 Å². The standard InChI is InChI=1S/C29H40N2O3/c1-8-21(29(32)31-23-11-9-10-12-23)17-25-19(4)28(34-7)26(20(5)27(25)33-6)22-13-15-24(16-14-22)30-18(2)3/h13-18,23,30H,8-12H2,1-7H3,(H,31,32)/b21-17+. The normalized spacial score (nSPS) is 14.4. The van der Waals surface area contributed by atoms with Gasteiger partial charge < -0.3 is 20.1 Å². The minimum atomic E-state index is 0.0183. The van der Waals surface area contributed by atoms with Crippen molar-refractivity contribution < 1.29 is 14.3 Å². The third-order valence-corrected chi connectivity index (χ3v) is 6.65. The van der Waals surface area contributed by atoms with E-state index in [1.807, 2.05) is 19.9 Å². The lowest BCUT2D eigenvalue weighted by molar-refractivity contribution is -0.118. The summed E-state index contributed by atoms with van der Waals surface area (Å²) in [5.41, 5.74) is 6.77. The van der Waals surface area contributed by atoms with E-state index in [-0.39, 0.29) is 11.9 Å². The maximum Gasteiger partial charge on any atom is 0.247 e. The SMILES string of the molecule is CC/C(=C\c1c(C)c(OC)c(-c2ccc(NC(C)C)cc2)c(C)c1OC)C(=O)NC1CCCC1. The van der Waals surface area contributed by atoms with Crippen molar-refractivity contribution in [2.45, 2.75) is 78.8 Å². The van der Waals surface area contributed by atoms with Crippen molar-refractivity contribution in [1.29, 1.82) is 0 Å². The van der Waals surface area contributed by atoms with Gasteiger partial charge in [-0.05, 0) is 70.7 Å². The molecule has 2 aromatic carbocycles. The third-order valence-electron chi connectivity index (χ3n) is 6.65. The Morgan fingerprint density at radius 3 is 2.18 bits per heavy atom. The van der Waals surface area contributed by atoms with Crippen molar-refractivity contribution in [2.24, 2.45) is 0 Å². The molecule has 1 saturated carbocycles. The second-order valence-corrected chi connectivity index (χ2v) is 9.46. The Kier molecular flexibility index (Phi) is 8.65. The van der Waals surface area contributed by atoms with Gasteiger partial charge in [-0.3, -0.25) is 4.79 Å². The maximum absolute atomic E-state index is 13.0. The topological polar surface area (TPSA) is 59.6 Å². The largest absolute Gasteiger partial charge is 0.496 e. The molecule has 34 heavy (non-hydrogen) atoms. The number of hydrogen-bond donors (Lipinski definition) is 2. The van der Waals surface area contributed by atoms with Crippen LogP contribution in [0, 0.1) is 13.8 Å². The van der Waals surface area contributed by atoms with Gasteiger partial charge in [-0.25, -0.2) is 0 Å². The summed E-state index contributed by atoms with van der Waals surface area (Å²) < 4.78 is 11.8. The fourth-order valence-corrected chi connectivity index (χ4v) is 4.92. The predicted molar refractivity (Wildman–Crippen MR) is 142 cm³/mol. The lowest BCUT2D eigenvalue weighted by atomic mass is 9.90. The van der Waals surface area contributed by atoms with E-state index in [4.69, 9.17) is 9.47 Å². The van der Waals surface area contributed by atoms with Crippen LogP contribution < -0.4 is 20.1 Å². The lowest BCUT2D eigenvalue weighted by Gasteiger charge is -2.22. The van der Waals surface area contributed by atoms with E-state index in [1.165, 1.54) is 12.8 Å². The molecule has 2 aromatic rings. The number of ether oxygens (including phenoxy) is 2. The molecule has 0 aliphatic heterocycles. The summed E-state index contributed by atoms with van der Waals surface area (Å²) >= 11 is 0. The van der Waals surface area contributed by atoms with Gasteiger partial charge in [0.15, 0.2) is 0 Å². The number of anilines is 1. The first-order valence-electron chi connectivity index (χ1n) is 12.4. The van der Waals surface area contributed by atoms with E-state index in [2.05, 4.69) is 55.7 Å². The summed E-state index contributed by atoms with van der Waals surface area (Å²) in [6, 6.07) is 9.05. The Hall–Kier alpha value is -2.95. The minimum absolute atomic E-state index is 0.0183. The highest BCUT2D eigenvalue weighted by atomic mass is 16.5. The Morgan fingerprint density at radius 1 is 1.03 bits per heavy atom. The number of hydrogen-bond acceptors (Lipinski definition) is 4. The van der Waals surface area contributed by atoms with E-state index in [1.54, 1.807) is 14.2 Å². The van der Waals surface area contributed by atoms with Crippen molar-refractivity contribution in [3.05, 3.63) is 46.5 Å². The molecule has 1 aliphatic carbocycles. The van der Waals surface area contributed by atoms with Crippen LogP contribution in [-0.4, -0.2) is 32.2 Å². The molecule has 5 nitrogen and oxygen atoms in total. The second-order valence-electron chi connectivity index (χ2n) is 9.46. The molecule has 0 spiro atoms. The highest BCUT2D eigenvalue weighted by Gasteiger charge is 2.23. The zero-order valence-corrected chi connectivity index (χ0v) is 21.8. The first kappa shape index (κ1) is 25.7. The predicted octanol–water partition coefficient (Wildman–Crippen LogP) is 6.66. The molecule has 0 unspecified atom stereocenters. The molecule has 0 radical (unpaired) electrons. The average Bonchev–Trinajstić information content (AvgIpc) is 3.32. The van der Waals surface area contributed by atoms with Gasteiger partial charge in [-0.15, -0.1) is 0 Å². The minimum Gasteiger partial charge on any atom is -0.496 e. The monoisotopic (exact) mass is 464 g/mol. The molecular weight excluding hydrogens is 424 g/mol. The molecule has 3 rings (SSSR count). The van der Waals surface area contributed by atoms with E-state index in [9.17, 15) is 4.79 Å². The molecule has 1 aliphatic rings. The number of benzene rings is 2. The zero-order chi connectivity index (χ0) is 24.8. The van der Waals surface area contributed by atoms with Crippen LogP contribution in [0.2, 0.25) is 0 Å². The zero-order valence-electron chi connectivity index (χ0n) is 21.8. The molecule has 1 amide bonds. The smallest absolute Gasteiger partial charge is 0.247 e. The van der Waals surface area contributed by atoms with Gasteiger partial charge in [0.05, 0.1) is 14.2 Å². The van der Waals surface area contributed by atoms with Gasteiger partial charge >= 0.3 is 0 Å². The molecule has 0 bridgehead atoms. The van der Waals surface area contributed by atoms with Crippen molar-refractivity contribution in [1.82, 2.24) is 5.32 Å². The molecule has 0 saturated heterocycles. The van der Waals surface area contributed by atoms with Crippen LogP contribution in [0.25, 0.3) is 17.2 Å². The highest BCUT2D eigenvalue weighted by Crippen LogP contribution is 2.45. The Balaban J connectivity index is 2.06. The Labute approximate surface area is 204 Å². The van der Waals surface area contributed by atoms with E-state index in [0.29, 0.717) is 12.5 Å².